The van der Waals surface area contributed by atoms with Crippen LogP contribution in [0.5, 0.6) is 0 Å². The van der Waals surface area contributed by atoms with E-state index < -0.39 is 35.4 Å². The Hall–Kier alpha value is -2.90. The summed E-state index contributed by atoms with van der Waals surface area (Å²) in [6.07, 6.45) is -0.585. The van der Waals surface area contributed by atoms with Crippen molar-refractivity contribution in [3.05, 3.63) is 35.4 Å². The molecule has 0 aromatic heterocycles. The van der Waals surface area contributed by atoms with Crippen LogP contribution in [0.2, 0.25) is 0 Å². The van der Waals surface area contributed by atoms with E-state index in [2.05, 4.69) is 0 Å². The number of hydrogen-bond donors (Lipinski definition) is 0. The van der Waals surface area contributed by atoms with Gasteiger partial charge in [0.2, 0.25) is 0 Å². The minimum Gasteiger partial charge on any atom is -0.444 e. The van der Waals surface area contributed by atoms with Crippen LogP contribution in [0.4, 0.5) is 4.79 Å². The minimum atomic E-state index is -0.796. The van der Waals surface area contributed by atoms with Gasteiger partial charge in [-0.1, -0.05) is 24.1 Å². The average molecular weight is 362 g/mol. The Labute approximate surface area is 151 Å². The van der Waals surface area contributed by atoms with E-state index in [1.54, 1.807) is 32.9 Å². The molecule has 0 radical (unpaired) electrons. The maximum atomic E-state index is 12.2. The zero-order valence-corrected chi connectivity index (χ0v) is 15.4. The molecule has 1 unspecified atom stereocenters. The summed E-state index contributed by atoms with van der Waals surface area (Å²) in [5.74, 6) is -2.94. The van der Waals surface area contributed by atoms with E-state index in [1.165, 1.54) is 31.0 Å². The highest BCUT2D eigenvalue weighted by Crippen LogP contribution is 2.23. The highest BCUT2D eigenvalue weighted by Gasteiger charge is 2.39. The predicted molar refractivity (Wildman–Crippen MR) is 91.1 cm³/mol. The van der Waals surface area contributed by atoms with Crippen LogP contribution < -0.4 is 0 Å². The standard InChI is InChI=1S/C18H22N2O6/c1-11(10-19(5)17(24)25-18(2,3)4)16(23)26-20-14(21)12-8-6-7-9-13(12)15(20)22/h6-9,11H,10H2,1-5H3. The van der Waals surface area contributed by atoms with Gasteiger partial charge in [0.25, 0.3) is 11.8 Å². The first-order valence-corrected chi connectivity index (χ1v) is 8.15. The number of rotatable bonds is 4. The number of hydrogen-bond acceptors (Lipinski definition) is 6. The van der Waals surface area contributed by atoms with E-state index in [9.17, 15) is 19.2 Å². The Morgan fingerprint density at radius 2 is 1.62 bits per heavy atom. The lowest BCUT2D eigenvalue weighted by molar-refractivity contribution is -0.173. The molecule has 1 aliphatic heterocycles. The third-order valence-corrected chi connectivity index (χ3v) is 3.59. The Morgan fingerprint density at radius 1 is 1.12 bits per heavy atom. The van der Waals surface area contributed by atoms with Gasteiger partial charge in [0.05, 0.1) is 17.0 Å². The van der Waals surface area contributed by atoms with Crippen LogP contribution in [0, 0.1) is 5.92 Å². The normalized spacial score (nSPS) is 14.7. The highest BCUT2D eigenvalue weighted by molar-refractivity contribution is 6.20. The lowest BCUT2D eigenvalue weighted by Crippen LogP contribution is -2.40. The van der Waals surface area contributed by atoms with E-state index in [0.29, 0.717) is 5.06 Å². The molecule has 0 fully saturated rings. The smallest absolute Gasteiger partial charge is 0.410 e. The van der Waals surface area contributed by atoms with Crippen molar-refractivity contribution in [3.63, 3.8) is 0 Å². The molecule has 1 aromatic carbocycles. The van der Waals surface area contributed by atoms with E-state index in [-0.39, 0.29) is 17.7 Å². The molecular weight excluding hydrogens is 340 g/mol. The van der Waals surface area contributed by atoms with Crippen molar-refractivity contribution in [1.29, 1.82) is 0 Å². The molecule has 3 amide bonds. The molecule has 1 aliphatic rings. The van der Waals surface area contributed by atoms with Crippen molar-refractivity contribution in [2.24, 2.45) is 5.92 Å². The predicted octanol–water partition coefficient (Wildman–Crippen LogP) is 2.24. The van der Waals surface area contributed by atoms with Crippen molar-refractivity contribution >= 4 is 23.9 Å². The maximum absolute atomic E-state index is 12.2. The van der Waals surface area contributed by atoms with Crippen LogP contribution in [0.3, 0.4) is 0 Å². The second-order valence-electron chi connectivity index (χ2n) is 7.12. The van der Waals surface area contributed by atoms with Gasteiger partial charge in [0.1, 0.15) is 5.60 Å². The van der Waals surface area contributed by atoms with E-state index in [4.69, 9.17) is 9.57 Å². The molecule has 0 spiro atoms. The summed E-state index contributed by atoms with van der Waals surface area (Å²) >= 11 is 0. The summed E-state index contributed by atoms with van der Waals surface area (Å²) in [6, 6.07) is 6.22. The fourth-order valence-electron chi connectivity index (χ4n) is 2.33. The van der Waals surface area contributed by atoms with Crippen LogP contribution in [-0.4, -0.2) is 53.0 Å². The number of imide groups is 1. The number of nitrogens with zero attached hydrogens (tertiary/aromatic N) is 2. The van der Waals surface area contributed by atoms with Gasteiger partial charge in [0, 0.05) is 13.6 Å². The Kier molecular flexibility index (Phi) is 5.34. The molecular formula is C18H22N2O6. The molecule has 26 heavy (non-hydrogen) atoms. The van der Waals surface area contributed by atoms with E-state index >= 15 is 0 Å². The third kappa shape index (κ3) is 4.19. The largest absolute Gasteiger partial charge is 0.444 e. The number of hydroxylamine groups is 2. The Bertz CT molecular complexity index is 717. The molecule has 0 aliphatic carbocycles. The topological polar surface area (TPSA) is 93.2 Å². The molecule has 0 N–H and O–H groups in total. The molecule has 1 aromatic rings. The molecule has 140 valence electrons. The fraction of sp³-hybridized carbons (Fsp3) is 0.444. The summed E-state index contributed by atoms with van der Waals surface area (Å²) < 4.78 is 5.21. The Morgan fingerprint density at radius 3 is 2.08 bits per heavy atom. The van der Waals surface area contributed by atoms with Gasteiger partial charge in [-0.2, -0.15) is 0 Å². The summed E-state index contributed by atoms with van der Waals surface area (Å²) in [7, 11) is 1.49. The van der Waals surface area contributed by atoms with Crippen molar-refractivity contribution < 1.29 is 28.8 Å². The van der Waals surface area contributed by atoms with Gasteiger partial charge >= 0.3 is 12.1 Å². The number of carbonyl (C=O) groups excluding carboxylic acids is 4. The molecule has 1 atom stereocenters. The minimum absolute atomic E-state index is 0.0108. The van der Waals surface area contributed by atoms with Gasteiger partial charge in [-0.15, -0.1) is 0 Å². The molecule has 0 saturated heterocycles. The molecule has 0 saturated carbocycles. The highest BCUT2D eigenvalue weighted by atomic mass is 16.7. The zero-order valence-electron chi connectivity index (χ0n) is 15.4. The molecule has 0 bridgehead atoms. The number of fused-ring (bicyclic) bond motifs is 1. The van der Waals surface area contributed by atoms with Crippen LogP contribution in [0.1, 0.15) is 48.4 Å². The zero-order chi connectivity index (χ0) is 19.6. The van der Waals surface area contributed by atoms with Crippen LogP contribution in [0.25, 0.3) is 0 Å². The lowest BCUT2D eigenvalue weighted by Gasteiger charge is -2.26. The quantitative estimate of drug-likeness (QED) is 0.763. The van der Waals surface area contributed by atoms with E-state index in [1.807, 2.05) is 0 Å². The average Bonchev–Trinajstić information content (AvgIpc) is 2.78. The van der Waals surface area contributed by atoms with Crippen molar-refractivity contribution in [1.82, 2.24) is 9.96 Å². The Balaban J connectivity index is 1.97. The summed E-state index contributed by atoms with van der Waals surface area (Å²) in [4.78, 5) is 54.8. The summed E-state index contributed by atoms with van der Waals surface area (Å²) in [5.41, 5.74) is -0.289. The molecule has 8 nitrogen and oxygen atoms in total. The maximum Gasteiger partial charge on any atom is 0.410 e. The number of amides is 3. The van der Waals surface area contributed by atoms with Gasteiger partial charge in [0.15, 0.2) is 0 Å². The molecule has 1 heterocycles. The first kappa shape index (κ1) is 19.4. The van der Waals surface area contributed by atoms with Gasteiger partial charge in [-0.05, 0) is 32.9 Å². The van der Waals surface area contributed by atoms with Gasteiger partial charge in [-0.3, -0.25) is 9.59 Å². The van der Waals surface area contributed by atoms with Crippen molar-refractivity contribution in [3.8, 4) is 0 Å². The van der Waals surface area contributed by atoms with Gasteiger partial charge < -0.3 is 14.5 Å². The second kappa shape index (κ2) is 7.15. The lowest BCUT2D eigenvalue weighted by atomic mass is 10.1. The van der Waals surface area contributed by atoms with Crippen molar-refractivity contribution in [2.45, 2.75) is 33.3 Å². The number of benzene rings is 1. The molecule has 2 rings (SSSR count). The third-order valence-electron chi connectivity index (χ3n) is 3.59. The number of carbonyl (C=O) groups is 4. The van der Waals surface area contributed by atoms with Crippen LogP contribution in [-0.2, 0) is 14.4 Å². The number of ether oxygens (including phenoxy) is 1. The monoisotopic (exact) mass is 362 g/mol. The van der Waals surface area contributed by atoms with Gasteiger partial charge in [-0.25, -0.2) is 9.59 Å². The SMILES string of the molecule is CC(CN(C)C(=O)OC(C)(C)C)C(=O)ON1C(=O)c2ccccc2C1=O. The summed E-state index contributed by atoms with van der Waals surface area (Å²) in [6.45, 7) is 6.74. The van der Waals surface area contributed by atoms with Crippen LogP contribution >= 0.6 is 0 Å². The van der Waals surface area contributed by atoms with Crippen LogP contribution in [0.15, 0.2) is 24.3 Å². The molecule has 8 heteroatoms. The first-order chi connectivity index (χ1) is 12.0. The van der Waals surface area contributed by atoms with Crippen molar-refractivity contribution in [2.75, 3.05) is 13.6 Å². The first-order valence-electron chi connectivity index (χ1n) is 8.15. The summed E-state index contributed by atoms with van der Waals surface area (Å²) in [5, 5.41) is 0.455. The van der Waals surface area contributed by atoms with E-state index in [0.717, 1.165) is 0 Å². The fourth-order valence-corrected chi connectivity index (χ4v) is 2.33. The second-order valence-corrected chi connectivity index (χ2v) is 7.12.